The minimum absolute atomic E-state index is 0.0553. The van der Waals surface area contributed by atoms with Crippen molar-refractivity contribution in [3.05, 3.63) is 60.7 Å². The molecule has 2 aromatic carbocycles. The first-order chi connectivity index (χ1) is 13.1. The van der Waals surface area contributed by atoms with Gasteiger partial charge in [0.1, 0.15) is 7.60 Å². The first kappa shape index (κ1) is 22.8. The third kappa shape index (κ3) is 7.16. The Kier molecular flexibility index (Phi) is 7.99. The molecular formula is C22H30O5P-. The second-order valence-electron chi connectivity index (χ2n) is 7.42. The van der Waals surface area contributed by atoms with Gasteiger partial charge in [0.15, 0.2) is 12.1 Å². The molecule has 1 aliphatic rings. The van der Waals surface area contributed by atoms with Crippen molar-refractivity contribution in [2.75, 3.05) is 6.66 Å². The monoisotopic (exact) mass is 405 g/mol. The molecule has 5 nitrogen and oxygen atoms in total. The third-order valence-electron chi connectivity index (χ3n) is 4.43. The molecule has 3 rings (SSSR count). The van der Waals surface area contributed by atoms with E-state index in [9.17, 15) is 9.46 Å². The maximum absolute atomic E-state index is 11.1. The van der Waals surface area contributed by atoms with Crippen LogP contribution in [0.2, 0.25) is 0 Å². The standard InChI is InChI=1S/C12H10.C10H21O5P/c1-3-7-11(8-4-1)12-9-5-2-6-10-12;1-6-8-7(2)9(15-16(5,11)12)14-10(3,4)13-8/h1-10H;7-9H,6H2,1-5H3,(H,11,12)/p-1/t;7-,8+,9+/m.1/s1. The van der Waals surface area contributed by atoms with Crippen molar-refractivity contribution in [2.24, 2.45) is 5.92 Å². The van der Waals surface area contributed by atoms with Gasteiger partial charge in [-0.15, -0.1) is 0 Å². The van der Waals surface area contributed by atoms with Crippen molar-refractivity contribution in [1.29, 1.82) is 0 Å². The molecule has 1 saturated heterocycles. The maximum Gasteiger partial charge on any atom is 0.172 e. The van der Waals surface area contributed by atoms with E-state index in [1.54, 1.807) is 13.8 Å². The average Bonchev–Trinajstić information content (AvgIpc) is 2.65. The van der Waals surface area contributed by atoms with E-state index in [1.807, 2.05) is 26.0 Å². The van der Waals surface area contributed by atoms with Gasteiger partial charge < -0.3 is 23.5 Å². The van der Waals surface area contributed by atoms with E-state index in [-0.39, 0.29) is 12.0 Å². The number of rotatable bonds is 4. The molecule has 0 saturated carbocycles. The Hall–Kier alpha value is -1.49. The lowest BCUT2D eigenvalue weighted by molar-refractivity contribution is -0.362. The molecular weight excluding hydrogens is 375 g/mol. The van der Waals surface area contributed by atoms with Gasteiger partial charge in [0.25, 0.3) is 0 Å². The van der Waals surface area contributed by atoms with Crippen LogP contribution in [0.5, 0.6) is 0 Å². The summed E-state index contributed by atoms with van der Waals surface area (Å²) in [5.74, 6) is -0.923. The van der Waals surface area contributed by atoms with Crippen molar-refractivity contribution >= 4 is 7.60 Å². The van der Waals surface area contributed by atoms with Crippen molar-refractivity contribution < 1.29 is 23.5 Å². The molecule has 28 heavy (non-hydrogen) atoms. The van der Waals surface area contributed by atoms with Crippen LogP contribution in [0.1, 0.15) is 34.1 Å². The molecule has 1 unspecified atom stereocenters. The fraction of sp³-hybridized carbons (Fsp3) is 0.455. The Morgan fingerprint density at radius 3 is 1.86 bits per heavy atom. The van der Waals surface area contributed by atoms with Gasteiger partial charge in [0.2, 0.25) is 0 Å². The highest BCUT2D eigenvalue weighted by Gasteiger charge is 2.41. The molecule has 6 heteroatoms. The zero-order chi connectivity index (χ0) is 20.8. The maximum atomic E-state index is 11.1. The Bertz CT molecular complexity index is 720. The molecule has 0 N–H and O–H groups in total. The van der Waals surface area contributed by atoms with Gasteiger partial charge >= 0.3 is 0 Å². The van der Waals surface area contributed by atoms with Crippen molar-refractivity contribution in [3.63, 3.8) is 0 Å². The molecule has 4 atom stereocenters. The minimum atomic E-state index is -3.80. The fourth-order valence-corrected chi connectivity index (χ4v) is 3.70. The zero-order valence-corrected chi connectivity index (χ0v) is 18.1. The molecule has 0 aliphatic carbocycles. The summed E-state index contributed by atoms with van der Waals surface area (Å²) in [7, 11) is -3.80. The molecule has 1 aliphatic heterocycles. The van der Waals surface area contributed by atoms with Crippen LogP contribution in [0.15, 0.2) is 60.7 Å². The highest BCUT2D eigenvalue weighted by molar-refractivity contribution is 7.50. The lowest BCUT2D eigenvalue weighted by atomic mass is 10.00. The SMILES string of the molecule is CC[C@@H]1OC(C)(C)O[C@@H](OP(C)(=O)[O-])[C@@H]1C.c1ccc(-c2ccccc2)cc1. The number of ether oxygens (including phenoxy) is 2. The van der Waals surface area contributed by atoms with Gasteiger partial charge in [-0.05, 0) is 31.4 Å². The molecule has 0 amide bonds. The summed E-state index contributed by atoms with van der Waals surface area (Å²) in [6.45, 7) is 8.41. The smallest absolute Gasteiger partial charge is 0.172 e. The molecule has 0 radical (unpaired) electrons. The van der Waals surface area contributed by atoms with Gasteiger partial charge in [-0.1, -0.05) is 74.5 Å². The van der Waals surface area contributed by atoms with E-state index in [0.717, 1.165) is 13.1 Å². The summed E-state index contributed by atoms with van der Waals surface area (Å²) in [6.07, 6.45) is -0.0249. The molecule has 0 spiro atoms. The highest BCUT2D eigenvalue weighted by Crippen LogP contribution is 2.41. The summed E-state index contributed by atoms with van der Waals surface area (Å²) < 4.78 is 27.3. The van der Waals surface area contributed by atoms with Crippen molar-refractivity contribution in [1.82, 2.24) is 0 Å². The molecule has 2 aromatic rings. The van der Waals surface area contributed by atoms with Crippen molar-refractivity contribution in [3.8, 4) is 11.1 Å². The van der Waals surface area contributed by atoms with Crippen LogP contribution in [-0.2, 0) is 18.6 Å². The van der Waals surface area contributed by atoms with Crippen LogP contribution < -0.4 is 4.89 Å². The van der Waals surface area contributed by atoms with Crippen LogP contribution in [0.3, 0.4) is 0 Å². The van der Waals surface area contributed by atoms with E-state index in [4.69, 9.17) is 14.0 Å². The Morgan fingerprint density at radius 2 is 1.46 bits per heavy atom. The Balaban J connectivity index is 0.000000207. The summed E-state index contributed by atoms with van der Waals surface area (Å²) in [5.41, 5.74) is 2.55. The van der Waals surface area contributed by atoms with Gasteiger partial charge in [-0.2, -0.15) is 0 Å². The fourth-order valence-electron chi connectivity index (χ4n) is 3.08. The predicted octanol–water partition coefficient (Wildman–Crippen LogP) is 5.06. The van der Waals surface area contributed by atoms with Crippen LogP contribution in [0.4, 0.5) is 0 Å². The summed E-state index contributed by atoms with van der Waals surface area (Å²) >= 11 is 0. The lowest BCUT2D eigenvalue weighted by Crippen LogP contribution is -2.50. The van der Waals surface area contributed by atoms with Crippen LogP contribution in [0.25, 0.3) is 11.1 Å². The first-order valence-corrected chi connectivity index (χ1v) is 11.5. The average molecular weight is 405 g/mol. The minimum Gasteiger partial charge on any atom is -0.779 e. The van der Waals surface area contributed by atoms with Crippen molar-refractivity contribution in [2.45, 2.75) is 52.3 Å². The summed E-state index contributed by atoms with van der Waals surface area (Å²) in [6, 6.07) is 20.8. The van der Waals surface area contributed by atoms with Gasteiger partial charge in [0, 0.05) is 12.6 Å². The van der Waals surface area contributed by atoms with Gasteiger partial charge in [-0.3, -0.25) is 0 Å². The topological polar surface area (TPSA) is 67.8 Å². The van der Waals surface area contributed by atoms with E-state index >= 15 is 0 Å². The van der Waals surface area contributed by atoms with Crippen LogP contribution in [0, 0.1) is 5.92 Å². The Labute approximate surface area is 168 Å². The summed E-state index contributed by atoms with van der Waals surface area (Å²) in [5, 5.41) is 0. The van der Waals surface area contributed by atoms with Crippen LogP contribution >= 0.6 is 7.60 Å². The van der Waals surface area contributed by atoms with Crippen LogP contribution in [-0.4, -0.2) is 24.8 Å². The van der Waals surface area contributed by atoms with E-state index in [0.29, 0.717) is 0 Å². The van der Waals surface area contributed by atoms with Gasteiger partial charge in [-0.25, -0.2) is 0 Å². The molecule has 1 fully saturated rings. The Morgan fingerprint density at radius 1 is 1.00 bits per heavy atom. The zero-order valence-electron chi connectivity index (χ0n) is 17.2. The second kappa shape index (κ2) is 9.82. The molecule has 154 valence electrons. The summed E-state index contributed by atoms with van der Waals surface area (Å²) in [4.78, 5) is 11.1. The largest absolute Gasteiger partial charge is 0.779 e. The van der Waals surface area contributed by atoms with E-state index in [1.165, 1.54) is 11.1 Å². The predicted molar refractivity (Wildman–Crippen MR) is 110 cm³/mol. The van der Waals surface area contributed by atoms with Gasteiger partial charge in [0.05, 0.1) is 6.10 Å². The molecule has 0 bridgehead atoms. The second-order valence-corrected chi connectivity index (χ2v) is 9.17. The first-order valence-electron chi connectivity index (χ1n) is 9.54. The highest BCUT2D eigenvalue weighted by atomic mass is 31.2. The molecule has 0 aromatic heterocycles. The quantitative estimate of drug-likeness (QED) is 0.665. The number of hydrogen-bond acceptors (Lipinski definition) is 5. The third-order valence-corrected chi connectivity index (χ3v) is 5.02. The molecule has 1 heterocycles. The normalized spacial score (nSPS) is 25.9. The van der Waals surface area contributed by atoms with E-state index < -0.39 is 19.7 Å². The lowest BCUT2D eigenvalue weighted by Gasteiger charge is -2.45. The number of benzene rings is 2. The number of hydrogen-bond donors (Lipinski definition) is 0. The van der Waals surface area contributed by atoms with E-state index in [2.05, 4.69) is 48.5 Å².